The molecule has 1 amide bonds. The summed E-state index contributed by atoms with van der Waals surface area (Å²) >= 11 is 0. The summed E-state index contributed by atoms with van der Waals surface area (Å²) < 4.78 is 38.1. The molecule has 10 heteroatoms. The lowest BCUT2D eigenvalue weighted by atomic mass is 9.91. The van der Waals surface area contributed by atoms with E-state index in [4.69, 9.17) is 14.7 Å². The number of hydroxylamine groups is 1. The van der Waals surface area contributed by atoms with Crippen LogP contribution < -0.4 is 10.2 Å². The summed E-state index contributed by atoms with van der Waals surface area (Å²) in [6, 6.07) is 8.24. The fourth-order valence-electron chi connectivity index (χ4n) is 3.31. The van der Waals surface area contributed by atoms with Gasteiger partial charge in [0.1, 0.15) is 17.5 Å². The number of carbonyl (C=O) groups is 1. The van der Waals surface area contributed by atoms with Crippen LogP contribution in [-0.4, -0.2) is 55.1 Å². The Morgan fingerprint density at radius 1 is 1.17 bits per heavy atom. The Balaban J connectivity index is 1.81. The van der Waals surface area contributed by atoms with Crippen molar-refractivity contribution in [2.75, 3.05) is 20.3 Å². The number of rotatable bonds is 7. The molecule has 29 heavy (non-hydrogen) atoms. The van der Waals surface area contributed by atoms with Gasteiger partial charge in [-0.2, -0.15) is 4.31 Å². The lowest BCUT2D eigenvalue weighted by molar-refractivity contribution is -0.135. The molecule has 0 spiro atoms. The van der Waals surface area contributed by atoms with E-state index in [0.717, 1.165) is 4.31 Å². The van der Waals surface area contributed by atoms with Gasteiger partial charge in [-0.3, -0.25) is 15.0 Å². The number of nitrogens with one attached hydrogen (secondary N) is 1. The topological polar surface area (TPSA) is 118 Å². The zero-order chi connectivity index (χ0) is 20.9. The Morgan fingerprint density at radius 3 is 2.34 bits per heavy atom. The summed E-state index contributed by atoms with van der Waals surface area (Å²) in [7, 11) is -2.64. The first kappa shape index (κ1) is 21.2. The predicted molar refractivity (Wildman–Crippen MR) is 103 cm³/mol. The summed E-state index contributed by atoms with van der Waals surface area (Å²) in [4.78, 5) is 16.2. The molecule has 2 N–H and O–H groups in total. The number of hydrogen-bond donors (Lipinski definition) is 2. The smallest absolute Gasteiger partial charge is 0.262 e. The molecule has 0 saturated carbocycles. The van der Waals surface area contributed by atoms with Crippen molar-refractivity contribution < 1.29 is 27.9 Å². The Bertz CT molecular complexity index is 915. The van der Waals surface area contributed by atoms with Gasteiger partial charge in [-0.1, -0.05) is 0 Å². The number of hydrogen-bond acceptors (Lipinski definition) is 7. The molecule has 0 aliphatic carbocycles. The van der Waals surface area contributed by atoms with Crippen LogP contribution in [0.5, 0.6) is 11.5 Å². The summed E-state index contributed by atoms with van der Waals surface area (Å²) in [5, 5.41) is 9.12. The molecule has 0 unspecified atom stereocenters. The maximum absolute atomic E-state index is 13.1. The number of sulfonamides is 1. The molecule has 1 aromatic carbocycles. The van der Waals surface area contributed by atoms with Crippen LogP contribution in [0, 0.1) is 5.92 Å². The van der Waals surface area contributed by atoms with E-state index >= 15 is 0 Å². The number of ether oxygens (including phenoxy) is 2. The summed E-state index contributed by atoms with van der Waals surface area (Å²) in [5.41, 5.74) is 1.59. The average Bonchev–Trinajstić information content (AvgIpc) is 2.75. The second kappa shape index (κ2) is 9.31. The average molecular weight is 421 g/mol. The van der Waals surface area contributed by atoms with Crippen LogP contribution >= 0.6 is 0 Å². The van der Waals surface area contributed by atoms with Gasteiger partial charge in [-0.15, -0.1) is 0 Å². The Hall–Kier alpha value is -2.53. The number of nitrogens with zero attached hydrogens (tertiary/aromatic N) is 2. The Labute approximate surface area is 169 Å². The highest BCUT2D eigenvalue weighted by molar-refractivity contribution is 7.89. The van der Waals surface area contributed by atoms with E-state index in [-0.39, 0.29) is 10.8 Å². The minimum absolute atomic E-state index is 0.0184. The van der Waals surface area contributed by atoms with Crippen molar-refractivity contribution in [2.45, 2.75) is 23.8 Å². The van der Waals surface area contributed by atoms with Gasteiger partial charge >= 0.3 is 0 Å². The van der Waals surface area contributed by atoms with Crippen LogP contribution in [0.4, 0.5) is 0 Å². The van der Waals surface area contributed by atoms with Crippen LogP contribution in [0.3, 0.4) is 0 Å². The van der Waals surface area contributed by atoms with Crippen molar-refractivity contribution in [3.8, 4) is 11.5 Å². The maximum atomic E-state index is 13.1. The first-order chi connectivity index (χ1) is 13.9. The molecule has 0 bridgehead atoms. The molecule has 3 rings (SSSR count). The van der Waals surface area contributed by atoms with E-state index in [2.05, 4.69) is 4.98 Å². The molecule has 156 valence electrons. The van der Waals surface area contributed by atoms with Gasteiger partial charge in [0.2, 0.25) is 10.0 Å². The minimum Gasteiger partial charge on any atom is -0.457 e. The fraction of sp³-hybridized carbons (Fsp3) is 0.368. The third-order valence-electron chi connectivity index (χ3n) is 4.87. The van der Waals surface area contributed by atoms with E-state index in [1.807, 2.05) is 0 Å². The third kappa shape index (κ3) is 4.91. The van der Waals surface area contributed by atoms with Crippen LogP contribution in [0.2, 0.25) is 0 Å². The number of benzene rings is 1. The van der Waals surface area contributed by atoms with Gasteiger partial charge in [0.05, 0.1) is 4.90 Å². The lowest BCUT2D eigenvalue weighted by Gasteiger charge is -2.34. The summed E-state index contributed by atoms with van der Waals surface area (Å²) in [6.07, 6.45) is 4.23. The standard InChI is InChI=1S/C19H23N3O6S/c1-22(18(19(23)21-24)14-8-12-27-13-9-14)29(25,26)17-4-2-15(3-5-17)28-16-6-10-20-11-7-16/h2-7,10-11,14,18,24H,8-9,12-13H2,1H3,(H,21,23)/t18-/m1/s1. The summed E-state index contributed by atoms with van der Waals surface area (Å²) in [5.74, 6) is 0.0180. The first-order valence-electron chi connectivity index (χ1n) is 9.11. The van der Waals surface area contributed by atoms with E-state index in [1.165, 1.54) is 31.3 Å². The normalized spacial score (nSPS) is 16.4. The van der Waals surface area contributed by atoms with Gasteiger partial charge < -0.3 is 9.47 Å². The molecule has 1 aliphatic heterocycles. The molecule has 1 atom stereocenters. The third-order valence-corrected chi connectivity index (χ3v) is 6.72. The number of pyridine rings is 1. The van der Waals surface area contributed by atoms with Crippen molar-refractivity contribution in [3.05, 3.63) is 48.8 Å². The largest absolute Gasteiger partial charge is 0.457 e. The second-order valence-corrected chi connectivity index (χ2v) is 8.65. The van der Waals surface area contributed by atoms with E-state index in [0.29, 0.717) is 37.6 Å². The van der Waals surface area contributed by atoms with E-state index in [1.54, 1.807) is 30.0 Å². The van der Waals surface area contributed by atoms with Gasteiger partial charge in [0.15, 0.2) is 0 Å². The number of carbonyl (C=O) groups excluding carboxylic acids is 1. The Morgan fingerprint density at radius 2 is 1.76 bits per heavy atom. The molecule has 2 heterocycles. The predicted octanol–water partition coefficient (Wildman–Crippen LogP) is 1.79. The van der Waals surface area contributed by atoms with Gasteiger partial charge in [0, 0.05) is 32.7 Å². The maximum Gasteiger partial charge on any atom is 0.262 e. The highest BCUT2D eigenvalue weighted by atomic mass is 32.2. The van der Waals surface area contributed by atoms with Gasteiger partial charge in [0.25, 0.3) is 5.91 Å². The van der Waals surface area contributed by atoms with Crippen LogP contribution in [0.25, 0.3) is 0 Å². The SMILES string of the molecule is CN([C@@H](C(=O)NO)C1CCOCC1)S(=O)(=O)c1ccc(Oc2ccncc2)cc1. The van der Waals surface area contributed by atoms with Gasteiger partial charge in [-0.25, -0.2) is 13.9 Å². The van der Waals surface area contributed by atoms with Crippen molar-refractivity contribution in [1.29, 1.82) is 0 Å². The van der Waals surface area contributed by atoms with E-state index < -0.39 is 22.0 Å². The van der Waals surface area contributed by atoms with Crippen molar-refractivity contribution in [3.63, 3.8) is 0 Å². The van der Waals surface area contributed by atoms with E-state index in [9.17, 15) is 13.2 Å². The molecule has 0 radical (unpaired) electrons. The van der Waals surface area contributed by atoms with Crippen molar-refractivity contribution in [2.24, 2.45) is 5.92 Å². The monoisotopic (exact) mass is 421 g/mol. The molecule has 1 fully saturated rings. The molecule has 2 aromatic rings. The van der Waals surface area contributed by atoms with Crippen LogP contribution in [-0.2, 0) is 19.6 Å². The number of aromatic nitrogens is 1. The second-order valence-electron chi connectivity index (χ2n) is 6.65. The molecule has 1 saturated heterocycles. The minimum atomic E-state index is -3.98. The van der Waals surface area contributed by atoms with Crippen molar-refractivity contribution in [1.82, 2.24) is 14.8 Å². The first-order valence-corrected chi connectivity index (χ1v) is 10.5. The number of likely N-dealkylation sites (N-methyl/N-ethyl adjacent to an activating group) is 1. The van der Waals surface area contributed by atoms with Crippen LogP contribution in [0.15, 0.2) is 53.7 Å². The molecule has 9 nitrogen and oxygen atoms in total. The molecule has 1 aromatic heterocycles. The zero-order valence-corrected chi connectivity index (χ0v) is 16.7. The molecule has 1 aliphatic rings. The fourth-order valence-corrected chi connectivity index (χ4v) is 4.69. The van der Waals surface area contributed by atoms with Gasteiger partial charge in [-0.05, 0) is 55.2 Å². The summed E-state index contributed by atoms with van der Waals surface area (Å²) in [6.45, 7) is 0.879. The quantitative estimate of drug-likeness (QED) is 0.517. The molecular weight excluding hydrogens is 398 g/mol. The highest BCUT2D eigenvalue weighted by Gasteiger charge is 2.39. The number of amides is 1. The van der Waals surface area contributed by atoms with Crippen LogP contribution in [0.1, 0.15) is 12.8 Å². The molecular formula is C19H23N3O6S. The zero-order valence-electron chi connectivity index (χ0n) is 15.9. The lowest BCUT2D eigenvalue weighted by Crippen LogP contribution is -2.52. The Kier molecular flexibility index (Phi) is 6.80. The highest BCUT2D eigenvalue weighted by Crippen LogP contribution is 2.28. The van der Waals surface area contributed by atoms with Crippen molar-refractivity contribution >= 4 is 15.9 Å².